The monoisotopic (exact) mass is 740 g/mol. The fourth-order valence-electron chi connectivity index (χ4n) is 9.69. The van der Waals surface area contributed by atoms with Gasteiger partial charge in [0.15, 0.2) is 0 Å². The lowest BCUT2D eigenvalue weighted by atomic mass is 9.81. The van der Waals surface area contributed by atoms with Gasteiger partial charge in [0.1, 0.15) is 0 Å². The predicted octanol–water partition coefficient (Wildman–Crippen LogP) is 13.9. The summed E-state index contributed by atoms with van der Waals surface area (Å²) in [4.78, 5) is 0. The summed E-state index contributed by atoms with van der Waals surface area (Å²) < 4.78 is 0. The van der Waals surface area contributed by atoms with E-state index in [0.29, 0.717) is 11.8 Å². The normalized spacial score (nSPS) is 18.2. The van der Waals surface area contributed by atoms with E-state index in [0.717, 1.165) is 13.1 Å². The molecule has 2 nitrogen and oxygen atoms in total. The molecule has 2 N–H and O–H groups in total. The Balaban J connectivity index is 0.000000164. The highest BCUT2D eigenvalue weighted by Gasteiger charge is 2.46. The Hall–Kier alpha value is -5.96. The Kier molecular flexibility index (Phi) is 9.99. The maximum atomic E-state index is 3.54. The van der Waals surface area contributed by atoms with Crippen LogP contribution in [0, 0.1) is 13.8 Å². The van der Waals surface area contributed by atoms with Crippen LogP contribution >= 0.6 is 0 Å². The predicted molar refractivity (Wildman–Crippen MR) is 243 cm³/mol. The molecule has 282 valence electrons. The van der Waals surface area contributed by atoms with Crippen LogP contribution in [0.1, 0.15) is 89.6 Å². The van der Waals surface area contributed by atoms with E-state index in [4.69, 9.17) is 0 Å². The minimum Gasteiger partial charge on any atom is -0.372 e. The number of nitrogens with one attached hydrogen (secondary N) is 2. The first kappa shape index (κ1) is 36.7. The summed E-state index contributed by atoms with van der Waals surface area (Å²) in [5.41, 5.74) is 22.1. The summed E-state index contributed by atoms with van der Waals surface area (Å²) in [5, 5.41) is 9.74. The molecule has 57 heavy (non-hydrogen) atoms. The van der Waals surface area contributed by atoms with Crippen LogP contribution in [0.5, 0.6) is 0 Å². The summed E-state index contributed by atoms with van der Waals surface area (Å²) >= 11 is 0. The van der Waals surface area contributed by atoms with E-state index in [1.807, 2.05) is 13.8 Å². The number of aryl methyl sites for hydroxylation is 2. The van der Waals surface area contributed by atoms with Gasteiger partial charge in [-0.25, -0.2) is 0 Å². The second-order valence-corrected chi connectivity index (χ2v) is 15.8. The summed E-state index contributed by atoms with van der Waals surface area (Å²) in [6.07, 6.45) is 6.90. The zero-order valence-electron chi connectivity index (χ0n) is 33.9. The molecular weight excluding hydrogens is 689 g/mol. The number of hydrogen-bond acceptors (Lipinski definition) is 2. The zero-order valence-corrected chi connectivity index (χ0v) is 33.9. The lowest BCUT2D eigenvalue weighted by molar-refractivity contribution is 0.548. The number of rotatable bonds is 4. The molecule has 0 amide bonds. The average molecular weight is 741 g/mol. The van der Waals surface area contributed by atoms with Crippen molar-refractivity contribution in [1.29, 1.82) is 0 Å². The molecule has 11 rings (SSSR count). The molecule has 0 spiro atoms. The van der Waals surface area contributed by atoms with Crippen LogP contribution < -0.4 is 10.6 Å². The topological polar surface area (TPSA) is 24.1 Å². The Morgan fingerprint density at radius 2 is 1.23 bits per heavy atom. The Bertz CT molecular complexity index is 2680. The molecule has 7 aromatic rings. The molecule has 7 aromatic carbocycles. The van der Waals surface area contributed by atoms with E-state index in [1.165, 1.54) is 95.2 Å². The number of allylic oxidation sites excluding steroid dienone is 1. The molecule has 0 radical (unpaired) electrons. The van der Waals surface area contributed by atoms with Gasteiger partial charge < -0.3 is 5.32 Å². The van der Waals surface area contributed by atoms with Crippen molar-refractivity contribution < 1.29 is 0 Å². The molecule has 3 atom stereocenters. The van der Waals surface area contributed by atoms with Crippen LogP contribution in [0.15, 0.2) is 157 Å². The first-order valence-electron chi connectivity index (χ1n) is 20.9. The van der Waals surface area contributed by atoms with Crippen molar-refractivity contribution in [3.63, 3.8) is 0 Å². The summed E-state index contributed by atoms with van der Waals surface area (Å²) in [5.74, 6) is 1.35. The van der Waals surface area contributed by atoms with Gasteiger partial charge >= 0.3 is 0 Å². The highest BCUT2D eigenvalue weighted by Crippen LogP contribution is 2.63. The first-order valence-corrected chi connectivity index (χ1v) is 20.9. The molecule has 2 heteroatoms. The maximum absolute atomic E-state index is 3.54. The molecule has 1 fully saturated rings. The molecule has 1 saturated carbocycles. The van der Waals surface area contributed by atoms with Gasteiger partial charge in [0.2, 0.25) is 0 Å². The summed E-state index contributed by atoms with van der Waals surface area (Å²) in [6, 6.07) is 54.0. The fraction of sp³-hybridized carbons (Fsp3) is 0.200. The molecule has 0 saturated heterocycles. The molecule has 1 aliphatic heterocycles. The van der Waals surface area contributed by atoms with Gasteiger partial charge in [-0.2, -0.15) is 0 Å². The smallest absolute Gasteiger partial charge is 0.0660 e. The van der Waals surface area contributed by atoms with Crippen molar-refractivity contribution in [2.75, 3.05) is 6.67 Å². The molecule has 1 heterocycles. The van der Waals surface area contributed by atoms with E-state index < -0.39 is 0 Å². The second-order valence-electron chi connectivity index (χ2n) is 15.8. The van der Waals surface area contributed by atoms with Gasteiger partial charge in [-0.3, -0.25) is 5.32 Å². The Labute approximate surface area is 339 Å². The minimum absolute atomic E-state index is 0.284. The SMILES string of the molecule is CC.CC1=C(c2ccccc2C)NCNC1c1ccccc1.Cc1cc(-c2cccc3c2C2CC2c2ccccc2-3)cc(-c2cc3c(c4ccccc24)C=CC3)c1. The van der Waals surface area contributed by atoms with E-state index in [1.54, 1.807) is 11.1 Å². The van der Waals surface area contributed by atoms with Crippen LogP contribution in [0.4, 0.5) is 0 Å². The number of benzene rings is 7. The van der Waals surface area contributed by atoms with E-state index in [2.05, 4.69) is 189 Å². The van der Waals surface area contributed by atoms with E-state index in [-0.39, 0.29) is 6.04 Å². The third kappa shape index (κ3) is 6.73. The minimum atomic E-state index is 0.284. The van der Waals surface area contributed by atoms with Crippen LogP contribution in [-0.2, 0) is 6.42 Å². The van der Waals surface area contributed by atoms with Crippen molar-refractivity contribution in [2.24, 2.45) is 0 Å². The molecule has 4 aliphatic rings. The van der Waals surface area contributed by atoms with Gasteiger partial charge in [0.25, 0.3) is 0 Å². The maximum Gasteiger partial charge on any atom is 0.0660 e. The molecule has 0 bridgehead atoms. The third-order valence-electron chi connectivity index (χ3n) is 12.4. The van der Waals surface area contributed by atoms with Gasteiger partial charge in [-0.15, -0.1) is 0 Å². The zero-order chi connectivity index (χ0) is 39.0. The fourth-order valence-corrected chi connectivity index (χ4v) is 9.69. The molecule has 0 aromatic heterocycles. The lowest BCUT2D eigenvalue weighted by Gasteiger charge is -2.30. The van der Waals surface area contributed by atoms with E-state index >= 15 is 0 Å². The standard InChI is InChI=1S/C35H26.C18H20N2.C2H6/c1-21-16-23(26-14-7-15-31-28-10-3-5-12-30(28)33-20-34(33)35(26)31)18-24(17-21)32-19-22-8-6-13-25(22)27-9-2-4-11-29(27)32;1-13-8-6-7-11-16(13)18-14(2)17(19-12-20-18)15-9-4-3-5-10-15;1-2/h2-7,9-19,33-34H,8,20H2,1H3;3-11,17,19-20H,12H2,1-2H3;1-2H3. The van der Waals surface area contributed by atoms with Crippen LogP contribution in [-0.4, -0.2) is 6.67 Å². The van der Waals surface area contributed by atoms with Crippen LogP contribution in [0.2, 0.25) is 0 Å². The van der Waals surface area contributed by atoms with Crippen molar-refractivity contribution >= 4 is 22.5 Å². The molecule has 3 unspecified atom stereocenters. The van der Waals surface area contributed by atoms with Gasteiger partial charge in [0, 0.05) is 11.3 Å². The van der Waals surface area contributed by atoms with Crippen molar-refractivity contribution in [3.8, 4) is 33.4 Å². The molecular formula is C55H52N2. The van der Waals surface area contributed by atoms with Gasteiger partial charge in [-0.05, 0) is 146 Å². The Morgan fingerprint density at radius 3 is 2.04 bits per heavy atom. The summed E-state index contributed by atoms with van der Waals surface area (Å²) in [7, 11) is 0. The highest BCUT2D eigenvalue weighted by molar-refractivity contribution is 6.03. The summed E-state index contributed by atoms with van der Waals surface area (Å²) in [6.45, 7) is 11.4. The number of hydrogen-bond donors (Lipinski definition) is 2. The van der Waals surface area contributed by atoms with Crippen LogP contribution in [0.3, 0.4) is 0 Å². The second kappa shape index (κ2) is 15.5. The largest absolute Gasteiger partial charge is 0.372 e. The van der Waals surface area contributed by atoms with Crippen LogP contribution in [0.25, 0.3) is 55.9 Å². The number of fused-ring (bicyclic) bond motifs is 9. The third-order valence-corrected chi connectivity index (χ3v) is 12.4. The van der Waals surface area contributed by atoms with Crippen molar-refractivity contribution in [1.82, 2.24) is 10.6 Å². The lowest BCUT2D eigenvalue weighted by Crippen LogP contribution is -2.38. The highest BCUT2D eigenvalue weighted by atomic mass is 15.1. The van der Waals surface area contributed by atoms with E-state index in [9.17, 15) is 0 Å². The van der Waals surface area contributed by atoms with Crippen molar-refractivity contribution in [3.05, 3.63) is 202 Å². The van der Waals surface area contributed by atoms with Gasteiger partial charge in [0.05, 0.1) is 12.7 Å². The molecule has 3 aliphatic carbocycles. The Morgan fingerprint density at radius 1 is 0.561 bits per heavy atom. The first-order chi connectivity index (χ1) is 28.0. The quantitative estimate of drug-likeness (QED) is 0.188. The van der Waals surface area contributed by atoms with Crippen molar-refractivity contribution in [2.45, 2.75) is 65.3 Å². The van der Waals surface area contributed by atoms with Gasteiger partial charge in [-0.1, -0.05) is 159 Å². The average Bonchev–Trinajstić information content (AvgIpc) is 3.93.